The molecule has 0 amide bonds. The molecule has 0 aliphatic heterocycles. The Hall–Kier alpha value is -2.62. The monoisotopic (exact) mass is 272 g/mol. The van der Waals surface area contributed by atoms with Gasteiger partial charge in [-0.25, -0.2) is 9.18 Å². The zero-order valence-corrected chi connectivity index (χ0v) is 10.8. The lowest BCUT2D eigenvalue weighted by Crippen LogP contribution is -2.01. The minimum absolute atomic E-state index is 0.0491. The molecular formula is C16H13FO3. The first-order chi connectivity index (χ1) is 9.61. The second-order valence-corrected chi connectivity index (χ2v) is 4.12. The third kappa shape index (κ3) is 3.03. The number of benzene rings is 2. The molecule has 0 unspecified atom stereocenters. The van der Waals surface area contributed by atoms with Crippen LogP contribution in [-0.4, -0.2) is 18.2 Å². The Balaban J connectivity index is 2.54. The van der Waals surface area contributed by atoms with Gasteiger partial charge in [-0.1, -0.05) is 30.3 Å². The molecular weight excluding hydrogens is 259 g/mol. The number of hydrogen-bond donors (Lipinski definition) is 1. The van der Waals surface area contributed by atoms with Gasteiger partial charge in [0.2, 0.25) is 0 Å². The van der Waals surface area contributed by atoms with E-state index in [-0.39, 0.29) is 5.57 Å². The summed E-state index contributed by atoms with van der Waals surface area (Å²) in [6, 6.07) is 12.6. The SMILES string of the molecule is COc1ccccc1/C(=C\c1cccc(F)c1)C(=O)O. The molecule has 0 aromatic heterocycles. The molecule has 1 N–H and O–H groups in total. The number of carbonyl (C=O) groups is 1. The smallest absolute Gasteiger partial charge is 0.336 e. The Kier molecular flexibility index (Phi) is 4.15. The van der Waals surface area contributed by atoms with Gasteiger partial charge in [-0.2, -0.15) is 0 Å². The minimum atomic E-state index is -1.10. The Morgan fingerprint density at radius 3 is 2.60 bits per heavy atom. The van der Waals surface area contributed by atoms with Crippen LogP contribution in [0.2, 0.25) is 0 Å². The lowest BCUT2D eigenvalue weighted by molar-refractivity contribution is -0.130. The minimum Gasteiger partial charge on any atom is -0.496 e. The highest BCUT2D eigenvalue weighted by molar-refractivity contribution is 6.21. The number of aliphatic carboxylic acids is 1. The molecule has 0 aliphatic rings. The van der Waals surface area contributed by atoms with Crippen molar-refractivity contribution < 1.29 is 19.0 Å². The fourth-order valence-electron chi connectivity index (χ4n) is 1.88. The fraction of sp³-hybridized carbons (Fsp3) is 0.0625. The highest BCUT2D eigenvalue weighted by Crippen LogP contribution is 2.27. The Morgan fingerprint density at radius 2 is 1.95 bits per heavy atom. The van der Waals surface area contributed by atoms with Crippen LogP contribution in [0.5, 0.6) is 5.75 Å². The predicted molar refractivity (Wildman–Crippen MR) is 74.9 cm³/mol. The first-order valence-corrected chi connectivity index (χ1v) is 5.96. The number of halogens is 1. The van der Waals surface area contributed by atoms with Crippen molar-refractivity contribution in [2.24, 2.45) is 0 Å². The normalized spacial score (nSPS) is 11.2. The van der Waals surface area contributed by atoms with Gasteiger partial charge in [0.25, 0.3) is 0 Å². The van der Waals surface area contributed by atoms with E-state index in [2.05, 4.69) is 0 Å². The zero-order valence-electron chi connectivity index (χ0n) is 10.8. The van der Waals surface area contributed by atoms with Crippen molar-refractivity contribution in [2.75, 3.05) is 7.11 Å². The van der Waals surface area contributed by atoms with Gasteiger partial charge in [0.15, 0.2) is 0 Å². The van der Waals surface area contributed by atoms with Crippen LogP contribution in [0.25, 0.3) is 11.6 Å². The van der Waals surface area contributed by atoms with Crippen molar-refractivity contribution in [3.63, 3.8) is 0 Å². The van der Waals surface area contributed by atoms with E-state index in [1.807, 2.05) is 0 Å². The summed E-state index contributed by atoms with van der Waals surface area (Å²) >= 11 is 0. The van der Waals surface area contributed by atoms with Crippen molar-refractivity contribution in [1.29, 1.82) is 0 Å². The van der Waals surface area contributed by atoms with Gasteiger partial charge in [0, 0.05) is 5.56 Å². The maximum Gasteiger partial charge on any atom is 0.336 e. The van der Waals surface area contributed by atoms with Crippen LogP contribution < -0.4 is 4.74 Å². The molecule has 0 bridgehead atoms. The maximum absolute atomic E-state index is 13.2. The number of carboxylic acids is 1. The lowest BCUT2D eigenvalue weighted by atomic mass is 10.0. The van der Waals surface area contributed by atoms with E-state index in [1.165, 1.54) is 31.4 Å². The second kappa shape index (κ2) is 6.02. The molecule has 0 fully saturated rings. The highest BCUT2D eigenvalue weighted by atomic mass is 19.1. The predicted octanol–water partition coefficient (Wildman–Crippen LogP) is 3.46. The molecule has 0 radical (unpaired) electrons. The second-order valence-electron chi connectivity index (χ2n) is 4.12. The summed E-state index contributed by atoms with van der Waals surface area (Å²) in [7, 11) is 1.47. The van der Waals surface area contributed by atoms with Crippen LogP contribution >= 0.6 is 0 Å². The number of rotatable bonds is 4. The first-order valence-electron chi connectivity index (χ1n) is 5.96. The summed E-state index contributed by atoms with van der Waals surface area (Å²) in [5.74, 6) is -1.06. The summed E-state index contributed by atoms with van der Waals surface area (Å²) in [5, 5.41) is 9.36. The topological polar surface area (TPSA) is 46.5 Å². The van der Waals surface area contributed by atoms with Gasteiger partial charge in [0.05, 0.1) is 12.7 Å². The van der Waals surface area contributed by atoms with Crippen molar-refractivity contribution in [1.82, 2.24) is 0 Å². The van der Waals surface area contributed by atoms with Crippen molar-refractivity contribution in [2.45, 2.75) is 0 Å². The number of ether oxygens (including phenoxy) is 1. The van der Waals surface area contributed by atoms with Crippen LogP contribution in [0.4, 0.5) is 4.39 Å². The van der Waals surface area contributed by atoms with E-state index in [1.54, 1.807) is 30.3 Å². The molecule has 2 aromatic carbocycles. The molecule has 0 saturated heterocycles. The van der Waals surface area contributed by atoms with E-state index < -0.39 is 11.8 Å². The summed E-state index contributed by atoms with van der Waals surface area (Å²) in [6.07, 6.45) is 1.42. The average Bonchev–Trinajstić information content (AvgIpc) is 2.44. The molecule has 2 rings (SSSR count). The number of carboxylic acid groups (broad SMARTS) is 1. The lowest BCUT2D eigenvalue weighted by Gasteiger charge is -2.09. The number of para-hydroxylation sites is 1. The molecule has 0 spiro atoms. The maximum atomic E-state index is 13.2. The quantitative estimate of drug-likeness (QED) is 0.685. The summed E-state index contributed by atoms with van der Waals surface area (Å²) < 4.78 is 18.3. The molecule has 20 heavy (non-hydrogen) atoms. The molecule has 3 nitrogen and oxygen atoms in total. The Morgan fingerprint density at radius 1 is 1.20 bits per heavy atom. The van der Waals surface area contributed by atoms with Gasteiger partial charge >= 0.3 is 5.97 Å². The van der Waals surface area contributed by atoms with Crippen molar-refractivity contribution >= 4 is 17.6 Å². The molecule has 0 heterocycles. The highest BCUT2D eigenvalue weighted by Gasteiger charge is 2.14. The van der Waals surface area contributed by atoms with E-state index in [4.69, 9.17) is 4.74 Å². The summed E-state index contributed by atoms with van der Waals surface area (Å²) in [6.45, 7) is 0. The molecule has 0 saturated carbocycles. The number of methoxy groups -OCH3 is 1. The Labute approximate surface area is 115 Å². The van der Waals surface area contributed by atoms with Crippen LogP contribution in [0, 0.1) is 5.82 Å². The van der Waals surface area contributed by atoms with Crippen molar-refractivity contribution in [3.8, 4) is 5.75 Å². The van der Waals surface area contributed by atoms with Crippen molar-refractivity contribution in [3.05, 3.63) is 65.5 Å². The molecule has 102 valence electrons. The van der Waals surface area contributed by atoms with Gasteiger partial charge in [-0.15, -0.1) is 0 Å². The van der Waals surface area contributed by atoms with Crippen LogP contribution in [-0.2, 0) is 4.79 Å². The fourth-order valence-corrected chi connectivity index (χ4v) is 1.88. The summed E-state index contributed by atoms with van der Waals surface area (Å²) in [4.78, 5) is 11.4. The van der Waals surface area contributed by atoms with Gasteiger partial charge in [-0.05, 0) is 29.8 Å². The summed E-state index contributed by atoms with van der Waals surface area (Å²) in [5.41, 5.74) is 0.980. The van der Waals surface area contributed by atoms with E-state index in [0.29, 0.717) is 16.9 Å². The molecule has 0 aliphatic carbocycles. The van der Waals surface area contributed by atoms with E-state index >= 15 is 0 Å². The molecule has 4 heteroatoms. The van der Waals surface area contributed by atoms with Crippen LogP contribution in [0.15, 0.2) is 48.5 Å². The van der Waals surface area contributed by atoms with Gasteiger partial charge in [-0.3, -0.25) is 0 Å². The third-order valence-electron chi connectivity index (χ3n) is 2.79. The standard InChI is InChI=1S/C16H13FO3/c1-20-15-8-3-2-7-13(15)14(16(18)19)10-11-5-4-6-12(17)9-11/h2-10H,1H3,(H,18,19)/b14-10+. The van der Waals surface area contributed by atoms with Gasteiger partial charge < -0.3 is 9.84 Å². The molecule has 2 aromatic rings. The third-order valence-corrected chi connectivity index (χ3v) is 2.79. The first kappa shape index (κ1) is 13.8. The average molecular weight is 272 g/mol. The number of hydrogen-bond acceptors (Lipinski definition) is 2. The van der Waals surface area contributed by atoms with Crippen LogP contribution in [0.3, 0.4) is 0 Å². The zero-order chi connectivity index (χ0) is 14.5. The largest absolute Gasteiger partial charge is 0.496 e. The van der Waals surface area contributed by atoms with Crippen LogP contribution in [0.1, 0.15) is 11.1 Å². The Bertz CT molecular complexity index is 662. The molecule has 0 atom stereocenters. The van der Waals surface area contributed by atoms with Gasteiger partial charge in [0.1, 0.15) is 11.6 Å². The van der Waals surface area contributed by atoms with E-state index in [0.717, 1.165) is 0 Å². The van der Waals surface area contributed by atoms with E-state index in [9.17, 15) is 14.3 Å².